The van der Waals surface area contributed by atoms with E-state index < -0.39 is 0 Å². The number of carbonyl (C=O) groups excluding carboxylic acids is 1. The summed E-state index contributed by atoms with van der Waals surface area (Å²) in [5.41, 5.74) is 1.41. The summed E-state index contributed by atoms with van der Waals surface area (Å²) in [5.74, 6) is 0.328. The van der Waals surface area contributed by atoms with Gasteiger partial charge in [0.2, 0.25) is 5.91 Å². The first kappa shape index (κ1) is 13.9. The molecule has 5 heteroatoms. The third kappa shape index (κ3) is 2.55. The average molecular weight is 313 g/mol. The van der Waals surface area contributed by atoms with E-state index in [0.717, 1.165) is 42.8 Å². The van der Waals surface area contributed by atoms with E-state index in [9.17, 15) is 4.79 Å². The van der Waals surface area contributed by atoms with Gasteiger partial charge < -0.3 is 10.6 Å². The summed E-state index contributed by atoms with van der Waals surface area (Å²) in [7, 11) is 0. The Morgan fingerprint density at radius 1 is 1.27 bits per heavy atom. The van der Waals surface area contributed by atoms with Gasteiger partial charge in [0.1, 0.15) is 0 Å². The standard InChI is InChI=1S/C17H19N3OS/c21-15(13-10-17(13)6-8-18-9-7-17)20-16-19-11-14(22-16)12-4-2-1-3-5-12/h1-5,11,13,18H,6-10H2,(H,19,20,21). The van der Waals surface area contributed by atoms with Crippen LogP contribution < -0.4 is 10.6 Å². The molecule has 1 amide bonds. The molecule has 1 saturated carbocycles. The van der Waals surface area contributed by atoms with E-state index in [1.54, 1.807) is 0 Å². The van der Waals surface area contributed by atoms with Crippen LogP contribution in [0.4, 0.5) is 5.13 Å². The molecule has 1 aliphatic carbocycles. The lowest BCUT2D eigenvalue weighted by Crippen LogP contribution is -2.31. The van der Waals surface area contributed by atoms with Gasteiger partial charge in [-0.3, -0.25) is 4.79 Å². The van der Waals surface area contributed by atoms with Crippen LogP contribution in [0.3, 0.4) is 0 Å². The Kier molecular flexibility index (Phi) is 3.47. The molecular weight excluding hydrogens is 294 g/mol. The minimum absolute atomic E-state index is 0.149. The number of nitrogens with zero attached hydrogens (tertiary/aromatic N) is 1. The number of carbonyl (C=O) groups is 1. The molecule has 2 N–H and O–H groups in total. The van der Waals surface area contributed by atoms with Crippen LogP contribution in [0.2, 0.25) is 0 Å². The molecule has 2 fully saturated rings. The molecule has 2 aliphatic rings. The zero-order chi connectivity index (χ0) is 15.0. The molecule has 22 heavy (non-hydrogen) atoms. The molecule has 2 heterocycles. The maximum atomic E-state index is 12.4. The molecule has 114 valence electrons. The van der Waals surface area contributed by atoms with E-state index in [1.807, 2.05) is 24.4 Å². The number of rotatable bonds is 3. The molecule has 1 atom stereocenters. The molecule has 1 aromatic heterocycles. The second-order valence-electron chi connectivity index (χ2n) is 6.25. The van der Waals surface area contributed by atoms with Gasteiger partial charge in [0, 0.05) is 12.1 Å². The van der Waals surface area contributed by atoms with Gasteiger partial charge in [-0.05, 0) is 43.3 Å². The molecular formula is C17H19N3OS. The molecule has 2 aromatic rings. The maximum absolute atomic E-state index is 12.4. The molecule has 1 spiro atoms. The van der Waals surface area contributed by atoms with Crippen molar-refractivity contribution in [2.75, 3.05) is 18.4 Å². The lowest BCUT2D eigenvalue weighted by molar-refractivity contribution is -0.118. The van der Waals surface area contributed by atoms with Gasteiger partial charge >= 0.3 is 0 Å². The van der Waals surface area contributed by atoms with Gasteiger partial charge in [-0.25, -0.2) is 4.98 Å². The maximum Gasteiger partial charge on any atom is 0.229 e. The Morgan fingerprint density at radius 2 is 2.05 bits per heavy atom. The van der Waals surface area contributed by atoms with Gasteiger partial charge in [-0.15, -0.1) is 0 Å². The molecule has 1 saturated heterocycles. The van der Waals surface area contributed by atoms with Crippen molar-refractivity contribution in [1.82, 2.24) is 10.3 Å². The van der Waals surface area contributed by atoms with Crippen LogP contribution in [0.25, 0.3) is 10.4 Å². The topological polar surface area (TPSA) is 54.0 Å². The second kappa shape index (κ2) is 5.48. The van der Waals surface area contributed by atoms with Gasteiger partial charge in [0.05, 0.1) is 4.88 Å². The van der Waals surface area contributed by atoms with E-state index in [1.165, 1.54) is 11.3 Å². The van der Waals surface area contributed by atoms with Gasteiger partial charge in [-0.1, -0.05) is 41.7 Å². The Morgan fingerprint density at radius 3 is 2.82 bits per heavy atom. The molecule has 1 unspecified atom stereocenters. The molecule has 1 aromatic carbocycles. The summed E-state index contributed by atoms with van der Waals surface area (Å²) >= 11 is 1.54. The van der Waals surface area contributed by atoms with Crippen molar-refractivity contribution in [2.45, 2.75) is 19.3 Å². The van der Waals surface area contributed by atoms with Crippen molar-refractivity contribution in [3.63, 3.8) is 0 Å². The van der Waals surface area contributed by atoms with Crippen molar-refractivity contribution >= 4 is 22.4 Å². The highest BCUT2D eigenvalue weighted by atomic mass is 32.1. The third-order valence-electron chi connectivity index (χ3n) is 4.90. The minimum atomic E-state index is 0.149. The minimum Gasteiger partial charge on any atom is -0.317 e. The summed E-state index contributed by atoms with van der Waals surface area (Å²) < 4.78 is 0. The highest BCUT2D eigenvalue weighted by molar-refractivity contribution is 7.19. The molecule has 4 rings (SSSR count). The predicted octanol–water partition coefficient (Wildman–Crippen LogP) is 3.14. The fourth-order valence-electron chi connectivity index (χ4n) is 3.46. The first-order chi connectivity index (χ1) is 10.8. The number of thiazole rings is 1. The number of benzene rings is 1. The quantitative estimate of drug-likeness (QED) is 0.915. The Bertz CT molecular complexity index is 676. The van der Waals surface area contributed by atoms with Crippen LogP contribution in [0, 0.1) is 11.3 Å². The number of aromatic nitrogens is 1. The van der Waals surface area contributed by atoms with E-state index in [-0.39, 0.29) is 17.2 Å². The molecule has 1 aliphatic heterocycles. The lowest BCUT2D eigenvalue weighted by atomic mass is 9.92. The number of amides is 1. The number of anilines is 1. The Labute approximate surface area is 134 Å². The molecule has 4 nitrogen and oxygen atoms in total. The number of piperidine rings is 1. The van der Waals surface area contributed by atoms with Crippen LogP contribution in [-0.2, 0) is 4.79 Å². The van der Waals surface area contributed by atoms with Crippen molar-refractivity contribution in [2.24, 2.45) is 11.3 Å². The third-order valence-corrected chi connectivity index (χ3v) is 5.86. The zero-order valence-electron chi connectivity index (χ0n) is 12.3. The van der Waals surface area contributed by atoms with Gasteiger partial charge in [0.25, 0.3) is 0 Å². The van der Waals surface area contributed by atoms with Crippen molar-refractivity contribution in [3.8, 4) is 10.4 Å². The lowest BCUT2D eigenvalue weighted by Gasteiger charge is -2.22. The highest BCUT2D eigenvalue weighted by Crippen LogP contribution is 2.58. The normalized spacial score (nSPS) is 22.5. The summed E-state index contributed by atoms with van der Waals surface area (Å²) in [6.45, 7) is 2.08. The van der Waals surface area contributed by atoms with E-state index in [0.29, 0.717) is 5.13 Å². The van der Waals surface area contributed by atoms with Crippen LogP contribution in [0.1, 0.15) is 19.3 Å². The molecule has 0 bridgehead atoms. The number of nitrogens with one attached hydrogen (secondary N) is 2. The number of hydrogen-bond donors (Lipinski definition) is 2. The van der Waals surface area contributed by atoms with Gasteiger partial charge in [0.15, 0.2) is 5.13 Å². The average Bonchev–Trinajstić information content (AvgIpc) is 3.04. The first-order valence-electron chi connectivity index (χ1n) is 7.80. The first-order valence-corrected chi connectivity index (χ1v) is 8.61. The van der Waals surface area contributed by atoms with Crippen molar-refractivity contribution < 1.29 is 4.79 Å². The number of hydrogen-bond acceptors (Lipinski definition) is 4. The largest absolute Gasteiger partial charge is 0.317 e. The summed E-state index contributed by atoms with van der Waals surface area (Å²) in [4.78, 5) is 17.9. The zero-order valence-corrected chi connectivity index (χ0v) is 13.2. The van der Waals surface area contributed by atoms with Crippen LogP contribution in [0.5, 0.6) is 0 Å². The summed E-state index contributed by atoms with van der Waals surface area (Å²) in [5, 5.41) is 7.09. The van der Waals surface area contributed by atoms with Crippen LogP contribution >= 0.6 is 11.3 Å². The summed E-state index contributed by atoms with van der Waals surface area (Å²) in [6, 6.07) is 10.1. The van der Waals surface area contributed by atoms with E-state index in [2.05, 4.69) is 27.8 Å². The smallest absolute Gasteiger partial charge is 0.229 e. The van der Waals surface area contributed by atoms with E-state index >= 15 is 0 Å². The Hall–Kier alpha value is -1.72. The molecule has 0 radical (unpaired) electrons. The van der Waals surface area contributed by atoms with E-state index in [4.69, 9.17) is 0 Å². The Balaban J connectivity index is 1.42. The van der Waals surface area contributed by atoms with Gasteiger partial charge in [-0.2, -0.15) is 0 Å². The second-order valence-corrected chi connectivity index (χ2v) is 7.28. The fourth-order valence-corrected chi connectivity index (χ4v) is 4.28. The monoisotopic (exact) mass is 313 g/mol. The summed E-state index contributed by atoms with van der Waals surface area (Å²) in [6.07, 6.45) is 5.12. The highest BCUT2D eigenvalue weighted by Gasteiger charge is 2.57. The fraction of sp³-hybridized carbons (Fsp3) is 0.412. The van der Waals surface area contributed by atoms with Crippen molar-refractivity contribution in [3.05, 3.63) is 36.5 Å². The van der Waals surface area contributed by atoms with Crippen LogP contribution in [0.15, 0.2) is 36.5 Å². The predicted molar refractivity (Wildman–Crippen MR) is 88.8 cm³/mol. The van der Waals surface area contributed by atoms with Crippen molar-refractivity contribution in [1.29, 1.82) is 0 Å². The SMILES string of the molecule is O=C(Nc1ncc(-c2ccccc2)s1)C1CC12CCNCC2. The van der Waals surface area contributed by atoms with Crippen LogP contribution in [-0.4, -0.2) is 24.0 Å².